The zero-order chi connectivity index (χ0) is 13.0. The minimum Gasteiger partial charge on any atom is -0.388 e. The summed E-state index contributed by atoms with van der Waals surface area (Å²) in [6, 6.07) is 6.14. The average molecular weight is 247 g/mol. The van der Waals surface area contributed by atoms with Crippen LogP contribution >= 0.6 is 0 Å². The van der Waals surface area contributed by atoms with E-state index in [1.165, 1.54) is 0 Å². The molecule has 1 aromatic carbocycles. The maximum atomic E-state index is 9.53. The average Bonchev–Trinajstić information content (AvgIpc) is 2.40. The molecule has 0 unspecified atom stereocenters. The number of hydrogen-bond acceptors (Lipinski definition) is 3. The highest BCUT2D eigenvalue weighted by atomic mass is 16.3. The Bertz CT molecular complexity index is 416. The predicted octanol–water partition coefficient (Wildman–Crippen LogP) is 1.23. The van der Waals surface area contributed by atoms with Gasteiger partial charge in [0.2, 0.25) is 0 Å². The summed E-state index contributed by atoms with van der Waals surface area (Å²) in [5.41, 5.74) is 3.28. The summed E-state index contributed by atoms with van der Waals surface area (Å²) < 4.78 is 0. The van der Waals surface area contributed by atoms with Crippen molar-refractivity contribution in [3.63, 3.8) is 0 Å². The van der Waals surface area contributed by atoms with Crippen LogP contribution in [0.25, 0.3) is 0 Å². The lowest BCUT2D eigenvalue weighted by Gasteiger charge is -2.29. The quantitative estimate of drug-likeness (QED) is 0.610. The number of aryl methyl sites for hydroxylation is 2. The van der Waals surface area contributed by atoms with Crippen LogP contribution in [0, 0.1) is 13.8 Å². The molecule has 1 aliphatic rings. The largest absolute Gasteiger partial charge is 0.388 e. The third-order valence-electron chi connectivity index (χ3n) is 3.30. The highest BCUT2D eigenvalue weighted by molar-refractivity contribution is 5.86. The molecule has 2 rings (SSSR count). The van der Waals surface area contributed by atoms with E-state index in [9.17, 15) is 5.11 Å². The molecule has 0 spiro atoms. The molecule has 1 aromatic rings. The molecule has 0 amide bonds. The zero-order valence-electron chi connectivity index (χ0n) is 11.1. The molecule has 1 heterocycles. The molecule has 2 N–H and O–H groups in total. The first-order valence-electron chi connectivity index (χ1n) is 6.42. The summed E-state index contributed by atoms with van der Waals surface area (Å²) in [6.45, 7) is 7.82. The van der Waals surface area contributed by atoms with Crippen molar-refractivity contribution in [3.8, 4) is 0 Å². The van der Waals surface area contributed by atoms with E-state index in [4.69, 9.17) is 0 Å². The van der Waals surface area contributed by atoms with Gasteiger partial charge in [0.15, 0.2) is 0 Å². The van der Waals surface area contributed by atoms with Gasteiger partial charge in [0.05, 0.1) is 5.69 Å². The molecule has 4 nitrogen and oxygen atoms in total. The lowest BCUT2D eigenvalue weighted by atomic mass is 10.1. The maximum absolute atomic E-state index is 9.53. The Kier molecular flexibility index (Phi) is 4.33. The molecule has 0 bridgehead atoms. The van der Waals surface area contributed by atoms with E-state index < -0.39 is 0 Å². The maximum Gasteiger partial charge on any atom is 0.131 e. The standard InChI is InChI=1S/C14H21N3O/c1-11-4-3-5-12(2)14(11)16-13(10-18)17-8-6-15-7-9-17/h3-5,15,18H,6-10H2,1-2H3. The Morgan fingerprint density at radius 1 is 1.28 bits per heavy atom. The molecule has 18 heavy (non-hydrogen) atoms. The molecule has 0 saturated carbocycles. The Labute approximate surface area is 108 Å². The van der Waals surface area contributed by atoms with E-state index in [0.29, 0.717) is 0 Å². The Hall–Kier alpha value is -1.39. The highest BCUT2D eigenvalue weighted by Gasteiger charge is 2.14. The number of aliphatic hydroxyl groups is 1. The Balaban J connectivity index is 2.28. The first-order valence-corrected chi connectivity index (χ1v) is 6.42. The van der Waals surface area contributed by atoms with Gasteiger partial charge in [-0.15, -0.1) is 0 Å². The number of hydrogen-bond donors (Lipinski definition) is 2. The summed E-state index contributed by atoms with van der Waals surface area (Å²) in [5.74, 6) is 0.772. The van der Waals surface area contributed by atoms with Crippen LogP contribution in [0.1, 0.15) is 11.1 Å². The number of rotatable bonds is 2. The fourth-order valence-electron chi connectivity index (χ4n) is 2.24. The fourth-order valence-corrected chi connectivity index (χ4v) is 2.24. The smallest absolute Gasteiger partial charge is 0.131 e. The second-order valence-corrected chi connectivity index (χ2v) is 4.66. The van der Waals surface area contributed by atoms with Crippen LogP contribution < -0.4 is 5.32 Å². The zero-order valence-corrected chi connectivity index (χ0v) is 11.1. The third-order valence-corrected chi connectivity index (χ3v) is 3.30. The molecule has 1 saturated heterocycles. The van der Waals surface area contributed by atoms with E-state index >= 15 is 0 Å². The van der Waals surface area contributed by atoms with Crippen LogP contribution in [0.3, 0.4) is 0 Å². The van der Waals surface area contributed by atoms with Gasteiger partial charge in [0.1, 0.15) is 12.4 Å². The van der Waals surface area contributed by atoms with Gasteiger partial charge in [-0.25, -0.2) is 4.99 Å². The van der Waals surface area contributed by atoms with E-state index in [0.717, 1.165) is 48.8 Å². The number of nitrogens with zero attached hydrogens (tertiary/aromatic N) is 2. The summed E-state index contributed by atoms with van der Waals surface area (Å²) in [6.07, 6.45) is 0. The summed E-state index contributed by atoms with van der Waals surface area (Å²) in [4.78, 5) is 6.82. The van der Waals surface area contributed by atoms with Crippen molar-refractivity contribution in [1.82, 2.24) is 10.2 Å². The number of amidine groups is 1. The van der Waals surface area contributed by atoms with Gasteiger partial charge >= 0.3 is 0 Å². The number of aliphatic hydroxyl groups excluding tert-OH is 1. The van der Waals surface area contributed by atoms with Crippen LogP contribution in [0.4, 0.5) is 5.69 Å². The van der Waals surface area contributed by atoms with E-state index in [-0.39, 0.29) is 6.61 Å². The van der Waals surface area contributed by atoms with Gasteiger partial charge in [0, 0.05) is 26.2 Å². The molecule has 0 radical (unpaired) electrons. The van der Waals surface area contributed by atoms with Gasteiger partial charge in [0.25, 0.3) is 0 Å². The topological polar surface area (TPSA) is 47.9 Å². The minimum absolute atomic E-state index is 0.00618. The third kappa shape index (κ3) is 2.89. The molecular weight excluding hydrogens is 226 g/mol. The second kappa shape index (κ2) is 5.98. The molecule has 1 fully saturated rings. The molecular formula is C14H21N3O. The number of piperazine rings is 1. The summed E-state index contributed by atoms with van der Waals surface area (Å²) >= 11 is 0. The van der Waals surface area contributed by atoms with E-state index in [1.807, 2.05) is 6.07 Å². The van der Waals surface area contributed by atoms with E-state index in [2.05, 4.69) is 41.2 Å². The Morgan fingerprint density at radius 2 is 1.89 bits per heavy atom. The highest BCUT2D eigenvalue weighted by Crippen LogP contribution is 2.23. The summed E-state index contributed by atoms with van der Waals surface area (Å²) in [7, 11) is 0. The van der Waals surface area contributed by atoms with Crippen LogP contribution in [0.15, 0.2) is 23.2 Å². The van der Waals surface area contributed by atoms with Gasteiger partial charge in [-0.05, 0) is 25.0 Å². The fraction of sp³-hybridized carbons (Fsp3) is 0.500. The van der Waals surface area contributed by atoms with Crippen molar-refractivity contribution in [1.29, 1.82) is 0 Å². The van der Waals surface area contributed by atoms with Crippen LogP contribution in [0.2, 0.25) is 0 Å². The van der Waals surface area contributed by atoms with Crippen LogP contribution in [-0.4, -0.2) is 48.6 Å². The van der Waals surface area contributed by atoms with Crippen molar-refractivity contribution >= 4 is 11.5 Å². The van der Waals surface area contributed by atoms with Gasteiger partial charge < -0.3 is 15.3 Å². The molecule has 1 aliphatic heterocycles. The van der Waals surface area contributed by atoms with Crippen molar-refractivity contribution in [2.45, 2.75) is 13.8 Å². The van der Waals surface area contributed by atoms with Crippen molar-refractivity contribution < 1.29 is 5.11 Å². The lowest BCUT2D eigenvalue weighted by Crippen LogP contribution is -2.47. The molecule has 98 valence electrons. The molecule has 0 aromatic heterocycles. The first kappa shape index (κ1) is 13.1. The number of nitrogens with one attached hydrogen (secondary N) is 1. The number of para-hydroxylation sites is 1. The van der Waals surface area contributed by atoms with Crippen molar-refractivity contribution in [2.75, 3.05) is 32.8 Å². The Morgan fingerprint density at radius 3 is 2.44 bits per heavy atom. The van der Waals surface area contributed by atoms with Crippen molar-refractivity contribution in [2.24, 2.45) is 4.99 Å². The van der Waals surface area contributed by atoms with Gasteiger partial charge in [-0.3, -0.25) is 0 Å². The van der Waals surface area contributed by atoms with E-state index in [1.54, 1.807) is 0 Å². The van der Waals surface area contributed by atoms with Crippen molar-refractivity contribution in [3.05, 3.63) is 29.3 Å². The first-order chi connectivity index (χ1) is 8.72. The lowest BCUT2D eigenvalue weighted by molar-refractivity contribution is 0.300. The number of aliphatic imine (C=N–C) groups is 1. The van der Waals surface area contributed by atoms with Gasteiger partial charge in [-0.2, -0.15) is 0 Å². The second-order valence-electron chi connectivity index (χ2n) is 4.66. The predicted molar refractivity (Wildman–Crippen MR) is 74.5 cm³/mol. The SMILES string of the molecule is Cc1cccc(C)c1N=C(CO)N1CCNCC1. The molecule has 0 aliphatic carbocycles. The normalized spacial score (nSPS) is 17.1. The van der Waals surface area contributed by atoms with Gasteiger partial charge in [-0.1, -0.05) is 18.2 Å². The number of benzene rings is 1. The molecule has 0 atom stereocenters. The minimum atomic E-state index is -0.00618. The summed E-state index contributed by atoms with van der Waals surface area (Å²) in [5, 5.41) is 12.8. The van der Waals surface area contributed by atoms with Crippen LogP contribution in [0.5, 0.6) is 0 Å². The monoisotopic (exact) mass is 247 g/mol. The molecule has 4 heteroatoms. The van der Waals surface area contributed by atoms with Crippen LogP contribution in [-0.2, 0) is 0 Å².